The lowest BCUT2D eigenvalue weighted by molar-refractivity contribution is 0.0515. The first-order valence-corrected chi connectivity index (χ1v) is 9.12. The summed E-state index contributed by atoms with van der Waals surface area (Å²) in [7, 11) is 0. The SMILES string of the molecule is CC(C=Cc1ccccc1)=NOC(=O)c1c(-c2c(Cl)cccc2Cl)noc1C. The summed E-state index contributed by atoms with van der Waals surface area (Å²) in [6.07, 6.45) is 3.61. The zero-order valence-electron chi connectivity index (χ0n) is 15.1. The maximum Gasteiger partial charge on any atom is 0.371 e. The molecule has 28 heavy (non-hydrogen) atoms. The lowest BCUT2D eigenvalue weighted by Gasteiger charge is -2.05. The van der Waals surface area contributed by atoms with Crippen LogP contribution in [0.2, 0.25) is 10.0 Å². The van der Waals surface area contributed by atoms with Crippen molar-refractivity contribution in [2.24, 2.45) is 5.16 Å². The summed E-state index contributed by atoms with van der Waals surface area (Å²) in [5.41, 5.74) is 2.27. The fourth-order valence-electron chi connectivity index (χ4n) is 2.48. The summed E-state index contributed by atoms with van der Waals surface area (Å²) in [6.45, 7) is 3.32. The number of aryl methyl sites for hydroxylation is 1. The number of rotatable bonds is 5. The van der Waals surface area contributed by atoms with E-state index in [0.717, 1.165) is 5.56 Å². The van der Waals surface area contributed by atoms with Gasteiger partial charge in [-0.25, -0.2) is 4.79 Å². The molecule has 142 valence electrons. The predicted molar refractivity (Wildman–Crippen MR) is 111 cm³/mol. The van der Waals surface area contributed by atoms with Gasteiger partial charge in [-0.05, 0) is 37.6 Å². The number of carbonyl (C=O) groups excluding carboxylic acids is 1. The molecule has 5 nitrogen and oxygen atoms in total. The molecular formula is C21H16Cl2N2O3. The molecule has 0 aliphatic rings. The van der Waals surface area contributed by atoms with Crippen LogP contribution < -0.4 is 0 Å². The Labute approximate surface area is 172 Å². The Balaban J connectivity index is 1.82. The van der Waals surface area contributed by atoms with Crippen molar-refractivity contribution in [3.8, 4) is 11.3 Å². The first kappa shape index (κ1) is 19.9. The first-order valence-electron chi connectivity index (χ1n) is 8.37. The van der Waals surface area contributed by atoms with E-state index in [2.05, 4.69) is 10.3 Å². The predicted octanol–water partition coefficient (Wildman–Crippen LogP) is 6.20. The second kappa shape index (κ2) is 8.87. The zero-order valence-corrected chi connectivity index (χ0v) is 16.7. The number of hydrogen-bond acceptors (Lipinski definition) is 5. The van der Waals surface area contributed by atoms with E-state index in [0.29, 0.717) is 21.3 Å². The van der Waals surface area contributed by atoms with E-state index >= 15 is 0 Å². The molecule has 0 spiro atoms. The number of nitrogens with zero attached hydrogens (tertiary/aromatic N) is 2. The van der Waals surface area contributed by atoms with Crippen molar-refractivity contribution < 1.29 is 14.2 Å². The summed E-state index contributed by atoms with van der Waals surface area (Å²) >= 11 is 12.4. The molecule has 0 amide bonds. The van der Waals surface area contributed by atoms with Crippen LogP contribution in [0.3, 0.4) is 0 Å². The van der Waals surface area contributed by atoms with Gasteiger partial charge in [-0.3, -0.25) is 0 Å². The minimum absolute atomic E-state index is 0.124. The Morgan fingerprint density at radius 1 is 1.11 bits per heavy atom. The molecule has 0 aliphatic heterocycles. The minimum Gasteiger partial charge on any atom is -0.360 e. The molecule has 3 rings (SSSR count). The van der Waals surface area contributed by atoms with Crippen LogP contribution in [0.5, 0.6) is 0 Å². The second-order valence-corrected chi connectivity index (χ2v) is 6.73. The number of oxime groups is 1. The summed E-state index contributed by atoms with van der Waals surface area (Å²) in [5.74, 6) is -0.430. The molecule has 7 heteroatoms. The number of carbonyl (C=O) groups is 1. The maximum absolute atomic E-state index is 12.6. The zero-order chi connectivity index (χ0) is 20.1. The van der Waals surface area contributed by atoms with Gasteiger partial charge in [0, 0.05) is 5.56 Å². The van der Waals surface area contributed by atoms with E-state index in [4.69, 9.17) is 32.6 Å². The van der Waals surface area contributed by atoms with Crippen molar-refractivity contribution in [1.82, 2.24) is 5.16 Å². The third-order valence-corrected chi connectivity index (χ3v) is 4.49. The largest absolute Gasteiger partial charge is 0.371 e. The Bertz CT molecular complexity index is 1040. The van der Waals surface area contributed by atoms with Gasteiger partial charge in [-0.1, -0.05) is 76.0 Å². The van der Waals surface area contributed by atoms with Gasteiger partial charge in [-0.15, -0.1) is 0 Å². The third-order valence-electron chi connectivity index (χ3n) is 3.86. The molecule has 0 unspecified atom stereocenters. The molecule has 0 fully saturated rings. The van der Waals surface area contributed by atoms with Gasteiger partial charge in [0.15, 0.2) is 0 Å². The Morgan fingerprint density at radius 2 is 1.79 bits per heavy atom. The van der Waals surface area contributed by atoms with Crippen LogP contribution in [0.4, 0.5) is 0 Å². The highest BCUT2D eigenvalue weighted by Crippen LogP contribution is 2.36. The van der Waals surface area contributed by atoms with Gasteiger partial charge in [-0.2, -0.15) is 0 Å². The van der Waals surface area contributed by atoms with Crippen LogP contribution in [0, 0.1) is 6.92 Å². The Kier molecular flexibility index (Phi) is 6.29. The number of halogens is 2. The summed E-state index contributed by atoms with van der Waals surface area (Å²) < 4.78 is 5.16. The molecule has 0 aliphatic carbocycles. The van der Waals surface area contributed by atoms with Gasteiger partial charge in [0.1, 0.15) is 17.0 Å². The number of benzene rings is 2. The summed E-state index contributed by atoms with van der Waals surface area (Å²) in [4.78, 5) is 17.7. The number of hydrogen-bond donors (Lipinski definition) is 0. The van der Waals surface area contributed by atoms with Crippen LogP contribution in [0.15, 0.2) is 64.3 Å². The molecule has 1 heterocycles. The lowest BCUT2D eigenvalue weighted by Crippen LogP contribution is -2.05. The molecule has 0 atom stereocenters. The van der Waals surface area contributed by atoms with Gasteiger partial charge in [0.05, 0.1) is 15.8 Å². The Hall–Kier alpha value is -2.89. The van der Waals surface area contributed by atoms with Crippen molar-refractivity contribution in [1.29, 1.82) is 0 Å². The van der Waals surface area contributed by atoms with E-state index in [-0.39, 0.29) is 17.0 Å². The molecule has 2 aromatic carbocycles. The van der Waals surface area contributed by atoms with Crippen molar-refractivity contribution in [2.45, 2.75) is 13.8 Å². The van der Waals surface area contributed by atoms with Crippen LogP contribution in [0.25, 0.3) is 17.3 Å². The molecule has 0 N–H and O–H groups in total. The smallest absolute Gasteiger partial charge is 0.360 e. The topological polar surface area (TPSA) is 64.7 Å². The molecule has 3 aromatic rings. The highest BCUT2D eigenvalue weighted by atomic mass is 35.5. The fraction of sp³-hybridized carbons (Fsp3) is 0.0952. The molecule has 0 saturated heterocycles. The standard InChI is InChI=1S/C21H16Cl2N2O3/c1-13(11-12-15-7-4-3-5-8-15)24-28-21(26)18-14(2)27-25-20(18)19-16(22)9-6-10-17(19)23/h3-12H,1-2H3. The van der Waals surface area contributed by atoms with Crippen molar-refractivity contribution in [2.75, 3.05) is 0 Å². The van der Waals surface area contributed by atoms with Crippen molar-refractivity contribution in [3.05, 3.63) is 81.5 Å². The quantitative estimate of drug-likeness (QED) is 0.283. The van der Waals surface area contributed by atoms with E-state index in [1.54, 1.807) is 38.1 Å². The monoisotopic (exact) mass is 414 g/mol. The normalized spacial score (nSPS) is 11.8. The Morgan fingerprint density at radius 3 is 2.46 bits per heavy atom. The highest BCUT2D eigenvalue weighted by Gasteiger charge is 2.26. The van der Waals surface area contributed by atoms with Crippen LogP contribution in [0.1, 0.15) is 28.6 Å². The van der Waals surface area contributed by atoms with Gasteiger partial charge < -0.3 is 9.36 Å². The summed E-state index contributed by atoms with van der Waals surface area (Å²) in [6, 6.07) is 14.7. The van der Waals surface area contributed by atoms with Gasteiger partial charge >= 0.3 is 5.97 Å². The maximum atomic E-state index is 12.6. The lowest BCUT2D eigenvalue weighted by atomic mass is 10.1. The van der Waals surface area contributed by atoms with E-state index < -0.39 is 5.97 Å². The third kappa shape index (κ3) is 4.50. The molecule has 0 saturated carbocycles. The molecule has 0 bridgehead atoms. The van der Waals surface area contributed by atoms with Crippen LogP contribution >= 0.6 is 23.2 Å². The van der Waals surface area contributed by atoms with Crippen molar-refractivity contribution >= 4 is 41.0 Å². The van der Waals surface area contributed by atoms with Gasteiger partial charge in [0.25, 0.3) is 0 Å². The second-order valence-electron chi connectivity index (χ2n) is 5.91. The average Bonchev–Trinajstić information content (AvgIpc) is 3.06. The van der Waals surface area contributed by atoms with Crippen LogP contribution in [-0.4, -0.2) is 16.8 Å². The molecule has 0 radical (unpaired) electrons. The molecule has 1 aromatic heterocycles. The molecular weight excluding hydrogens is 399 g/mol. The first-order chi connectivity index (χ1) is 13.5. The van der Waals surface area contributed by atoms with Crippen molar-refractivity contribution in [3.63, 3.8) is 0 Å². The highest BCUT2D eigenvalue weighted by molar-refractivity contribution is 6.39. The van der Waals surface area contributed by atoms with Crippen LogP contribution in [-0.2, 0) is 4.84 Å². The average molecular weight is 415 g/mol. The number of allylic oxidation sites excluding steroid dienone is 1. The van der Waals surface area contributed by atoms with E-state index in [1.807, 2.05) is 36.4 Å². The van der Waals surface area contributed by atoms with E-state index in [9.17, 15) is 4.79 Å². The van der Waals surface area contributed by atoms with Gasteiger partial charge in [0.2, 0.25) is 0 Å². The fourth-order valence-corrected chi connectivity index (χ4v) is 3.05. The number of aromatic nitrogens is 1. The summed E-state index contributed by atoms with van der Waals surface area (Å²) in [5, 5.41) is 8.48. The minimum atomic E-state index is -0.711. The van der Waals surface area contributed by atoms with E-state index in [1.165, 1.54) is 0 Å².